The lowest BCUT2D eigenvalue weighted by Crippen LogP contribution is -2.45. The molecule has 0 heterocycles. The molecule has 0 bridgehead atoms. The summed E-state index contributed by atoms with van der Waals surface area (Å²) < 4.78 is 7.91. The van der Waals surface area contributed by atoms with E-state index in [0.29, 0.717) is 11.5 Å². The molecule has 0 aromatic carbocycles. The second-order valence-corrected chi connectivity index (χ2v) is 8.93. The zero-order valence-corrected chi connectivity index (χ0v) is 15.3. The first-order valence-corrected chi connectivity index (χ1v) is 9.60. The second kappa shape index (κ2) is 6.21. The highest BCUT2D eigenvalue weighted by molar-refractivity contribution is 14.1. The van der Waals surface area contributed by atoms with Gasteiger partial charge in [0.1, 0.15) is 0 Å². The van der Waals surface area contributed by atoms with Gasteiger partial charge in [0.05, 0.1) is 11.7 Å². The van der Waals surface area contributed by atoms with Gasteiger partial charge in [0.15, 0.2) is 0 Å². The molecule has 2 heteroatoms. The van der Waals surface area contributed by atoms with Crippen LogP contribution in [0.3, 0.4) is 0 Å². The van der Waals surface area contributed by atoms with E-state index >= 15 is 0 Å². The van der Waals surface area contributed by atoms with Gasteiger partial charge in [-0.05, 0) is 49.4 Å². The van der Waals surface area contributed by atoms with Gasteiger partial charge in [-0.1, -0.05) is 63.1 Å². The Morgan fingerprint density at radius 1 is 1.11 bits per heavy atom. The minimum atomic E-state index is 0.191. The maximum absolute atomic E-state index is 6.74. The summed E-state index contributed by atoms with van der Waals surface area (Å²) >= 11 is 2.55. The van der Waals surface area contributed by atoms with E-state index in [1.54, 1.807) is 0 Å². The Kier molecular flexibility index (Phi) is 5.25. The van der Waals surface area contributed by atoms with Crippen LogP contribution < -0.4 is 0 Å². The molecule has 4 unspecified atom stereocenters. The summed E-state index contributed by atoms with van der Waals surface area (Å²) in [6.45, 7) is 9.63. The van der Waals surface area contributed by atoms with Crippen molar-refractivity contribution in [3.8, 4) is 0 Å². The molecule has 2 rings (SSSR count). The van der Waals surface area contributed by atoms with Crippen molar-refractivity contribution in [3.05, 3.63) is 0 Å². The van der Waals surface area contributed by atoms with E-state index < -0.39 is 0 Å². The van der Waals surface area contributed by atoms with Crippen LogP contribution in [0.5, 0.6) is 0 Å². The van der Waals surface area contributed by atoms with E-state index in [2.05, 4.69) is 50.3 Å². The van der Waals surface area contributed by atoms with Gasteiger partial charge in [-0.15, -0.1) is 0 Å². The highest BCUT2D eigenvalue weighted by Crippen LogP contribution is 2.44. The summed E-state index contributed by atoms with van der Waals surface area (Å²) in [6.07, 6.45) is 9.71. The second-order valence-electron chi connectivity index (χ2n) is 8.17. The first-order chi connectivity index (χ1) is 8.84. The molecule has 0 radical (unpaired) electrons. The van der Waals surface area contributed by atoms with Gasteiger partial charge in [0.25, 0.3) is 0 Å². The number of hydrogen-bond donors (Lipinski definition) is 0. The van der Waals surface area contributed by atoms with Crippen molar-refractivity contribution in [2.75, 3.05) is 4.43 Å². The third kappa shape index (κ3) is 4.33. The minimum Gasteiger partial charge on any atom is -0.371 e. The van der Waals surface area contributed by atoms with Crippen molar-refractivity contribution in [1.82, 2.24) is 0 Å². The monoisotopic (exact) mass is 378 g/mol. The Bertz CT molecular complexity index is 302. The Labute approximate surface area is 133 Å². The van der Waals surface area contributed by atoms with Crippen LogP contribution in [0.15, 0.2) is 0 Å². The van der Waals surface area contributed by atoms with Crippen molar-refractivity contribution in [2.24, 2.45) is 17.3 Å². The van der Waals surface area contributed by atoms with Crippen LogP contribution in [0.4, 0.5) is 0 Å². The van der Waals surface area contributed by atoms with Crippen molar-refractivity contribution < 1.29 is 4.74 Å². The van der Waals surface area contributed by atoms with Crippen LogP contribution in [0.1, 0.15) is 72.6 Å². The van der Waals surface area contributed by atoms with Gasteiger partial charge in [-0.2, -0.15) is 0 Å². The van der Waals surface area contributed by atoms with Gasteiger partial charge in [-0.25, -0.2) is 0 Å². The van der Waals surface area contributed by atoms with E-state index in [0.717, 1.165) is 11.8 Å². The number of hydrogen-bond acceptors (Lipinski definition) is 1. The summed E-state index contributed by atoms with van der Waals surface area (Å²) in [5, 5.41) is 0. The van der Waals surface area contributed by atoms with Gasteiger partial charge in [-0.3, -0.25) is 0 Å². The lowest BCUT2D eigenvalue weighted by Gasteiger charge is -2.46. The molecule has 0 saturated heterocycles. The summed E-state index contributed by atoms with van der Waals surface area (Å²) in [4.78, 5) is 0. The van der Waals surface area contributed by atoms with Crippen LogP contribution in [-0.2, 0) is 4.74 Å². The standard InChI is InChI=1S/C17H31IO/c1-13-6-5-7-17(10-13,12-18)19-15-8-14(2)9-16(3,4)11-15/h13-15H,5-12H2,1-4H3. The molecule has 2 saturated carbocycles. The quantitative estimate of drug-likeness (QED) is 0.459. The molecule has 112 valence electrons. The Morgan fingerprint density at radius 2 is 1.84 bits per heavy atom. The topological polar surface area (TPSA) is 9.23 Å². The fraction of sp³-hybridized carbons (Fsp3) is 1.00. The number of halogens is 1. The maximum atomic E-state index is 6.74. The van der Waals surface area contributed by atoms with Crippen LogP contribution in [-0.4, -0.2) is 16.1 Å². The highest BCUT2D eigenvalue weighted by atomic mass is 127. The van der Waals surface area contributed by atoms with Gasteiger partial charge in [0.2, 0.25) is 0 Å². The smallest absolute Gasteiger partial charge is 0.0777 e. The Balaban J connectivity index is 2.01. The molecule has 0 aromatic rings. The van der Waals surface area contributed by atoms with Crippen LogP contribution >= 0.6 is 22.6 Å². The first kappa shape index (κ1) is 16.1. The molecular formula is C17H31IO. The normalized spacial score (nSPS) is 43.1. The largest absolute Gasteiger partial charge is 0.371 e. The Morgan fingerprint density at radius 3 is 2.42 bits per heavy atom. The third-order valence-corrected chi connectivity index (χ3v) is 6.45. The van der Waals surface area contributed by atoms with Crippen LogP contribution in [0.2, 0.25) is 0 Å². The van der Waals surface area contributed by atoms with Crippen molar-refractivity contribution >= 4 is 22.6 Å². The molecule has 2 fully saturated rings. The fourth-order valence-electron chi connectivity index (χ4n) is 4.57. The minimum absolute atomic E-state index is 0.191. The van der Waals surface area contributed by atoms with Gasteiger partial charge in [0, 0.05) is 4.43 Å². The number of alkyl halides is 1. The number of rotatable bonds is 3. The van der Waals surface area contributed by atoms with Crippen LogP contribution in [0, 0.1) is 17.3 Å². The lowest BCUT2D eigenvalue weighted by molar-refractivity contribution is -0.135. The molecule has 0 aliphatic heterocycles. The van der Waals surface area contributed by atoms with E-state index in [1.165, 1.54) is 49.4 Å². The lowest BCUT2D eigenvalue weighted by atomic mass is 9.71. The predicted molar refractivity (Wildman–Crippen MR) is 90.9 cm³/mol. The summed E-state index contributed by atoms with van der Waals surface area (Å²) in [7, 11) is 0. The van der Waals surface area contributed by atoms with Crippen molar-refractivity contribution in [2.45, 2.75) is 84.3 Å². The Hall–Kier alpha value is 0.690. The SMILES string of the molecule is CC1CC(OC2(CI)CCCC(C)C2)CC(C)(C)C1. The maximum Gasteiger partial charge on any atom is 0.0777 e. The third-order valence-electron chi connectivity index (χ3n) is 5.06. The van der Waals surface area contributed by atoms with E-state index in [4.69, 9.17) is 4.74 Å². The molecular weight excluding hydrogens is 347 g/mol. The molecule has 2 aliphatic carbocycles. The average molecular weight is 378 g/mol. The molecule has 1 nitrogen and oxygen atoms in total. The highest BCUT2D eigenvalue weighted by Gasteiger charge is 2.40. The summed E-state index contributed by atoms with van der Waals surface area (Å²) in [5.41, 5.74) is 0.658. The van der Waals surface area contributed by atoms with Crippen molar-refractivity contribution in [1.29, 1.82) is 0 Å². The summed E-state index contributed by atoms with van der Waals surface area (Å²) in [5.74, 6) is 1.67. The average Bonchev–Trinajstić information content (AvgIpc) is 2.25. The van der Waals surface area contributed by atoms with Gasteiger partial charge >= 0.3 is 0 Å². The molecule has 0 amide bonds. The zero-order chi connectivity index (χ0) is 14.1. The van der Waals surface area contributed by atoms with E-state index in [9.17, 15) is 0 Å². The first-order valence-electron chi connectivity index (χ1n) is 8.08. The van der Waals surface area contributed by atoms with Crippen LogP contribution in [0.25, 0.3) is 0 Å². The molecule has 19 heavy (non-hydrogen) atoms. The molecule has 2 aliphatic rings. The molecule has 0 aromatic heterocycles. The molecule has 0 spiro atoms. The van der Waals surface area contributed by atoms with Gasteiger partial charge < -0.3 is 4.74 Å². The van der Waals surface area contributed by atoms with E-state index in [-0.39, 0.29) is 5.60 Å². The summed E-state index contributed by atoms with van der Waals surface area (Å²) in [6, 6.07) is 0. The molecule has 4 atom stereocenters. The zero-order valence-electron chi connectivity index (χ0n) is 13.2. The fourth-order valence-corrected chi connectivity index (χ4v) is 5.45. The van der Waals surface area contributed by atoms with E-state index in [1.807, 2.05) is 0 Å². The predicted octanol–water partition coefficient (Wildman–Crippen LogP) is 5.60. The van der Waals surface area contributed by atoms with Crippen molar-refractivity contribution in [3.63, 3.8) is 0 Å². The number of ether oxygens (including phenoxy) is 1. The molecule has 0 N–H and O–H groups in total.